The van der Waals surface area contributed by atoms with Gasteiger partial charge in [-0.15, -0.1) is 5.10 Å². The summed E-state index contributed by atoms with van der Waals surface area (Å²) in [4.78, 5) is 43.9. The van der Waals surface area contributed by atoms with Gasteiger partial charge in [-0.05, 0) is 23.2 Å². The molecule has 46 heavy (non-hydrogen) atoms. The SMILES string of the molecule is C=C1C=CC(=O)N1CCC(=O)NCCC(=O)N1Cc2ccccc2-c2c(nnn2CCOCCOCCN=[N+]=[N-])-c2ccccc21. The second kappa shape index (κ2) is 15.6. The molecule has 3 heterocycles. The smallest absolute Gasteiger partial charge is 0.251 e. The molecule has 1 aromatic heterocycles. The summed E-state index contributed by atoms with van der Waals surface area (Å²) in [6.45, 7) is 6.73. The van der Waals surface area contributed by atoms with Crippen molar-refractivity contribution < 1.29 is 23.9 Å². The summed E-state index contributed by atoms with van der Waals surface area (Å²) in [6, 6.07) is 15.5. The topological polar surface area (TPSA) is 168 Å². The Hall–Kier alpha value is -5.30. The number of benzene rings is 2. The molecule has 0 fully saturated rings. The third-order valence-electron chi connectivity index (χ3n) is 7.56. The molecule has 0 saturated heterocycles. The molecule has 14 heteroatoms. The number of carbonyl (C=O) groups excluding carboxylic acids is 3. The molecule has 0 unspecified atom stereocenters. The minimum atomic E-state index is -0.248. The third kappa shape index (κ3) is 7.67. The van der Waals surface area contributed by atoms with Crippen LogP contribution in [-0.2, 0) is 36.9 Å². The molecule has 2 aliphatic heterocycles. The van der Waals surface area contributed by atoms with Crippen LogP contribution in [0.4, 0.5) is 5.69 Å². The van der Waals surface area contributed by atoms with Gasteiger partial charge < -0.3 is 24.6 Å². The van der Waals surface area contributed by atoms with E-state index in [-0.39, 0.29) is 50.2 Å². The summed E-state index contributed by atoms with van der Waals surface area (Å²) in [6.07, 6.45) is 3.24. The van der Waals surface area contributed by atoms with Crippen LogP contribution in [-0.4, -0.2) is 83.7 Å². The average molecular weight is 626 g/mol. The first-order valence-electron chi connectivity index (χ1n) is 15.0. The van der Waals surface area contributed by atoms with Crippen molar-refractivity contribution in [2.75, 3.05) is 51.0 Å². The molecule has 2 aromatic carbocycles. The van der Waals surface area contributed by atoms with Crippen molar-refractivity contribution in [3.05, 3.63) is 89.0 Å². The molecule has 0 bridgehead atoms. The number of nitrogens with one attached hydrogen (secondary N) is 1. The number of nitrogens with zero attached hydrogens (tertiary/aromatic N) is 8. The van der Waals surface area contributed by atoms with Crippen LogP contribution in [0.5, 0.6) is 0 Å². The summed E-state index contributed by atoms with van der Waals surface area (Å²) >= 11 is 0. The van der Waals surface area contributed by atoms with Crippen LogP contribution >= 0.6 is 0 Å². The van der Waals surface area contributed by atoms with Gasteiger partial charge in [0.05, 0.1) is 50.9 Å². The number of rotatable bonds is 15. The molecule has 14 nitrogen and oxygen atoms in total. The van der Waals surface area contributed by atoms with Crippen molar-refractivity contribution in [1.82, 2.24) is 25.2 Å². The van der Waals surface area contributed by atoms with E-state index in [2.05, 4.69) is 32.2 Å². The van der Waals surface area contributed by atoms with Crippen LogP contribution in [0.25, 0.3) is 33.0 Å². The summed E-state index contributed by atoms with van der Waals surface area (Å²) in [5, 5.41) is 15.3. The van der Waals surface area contributed by atoms with Gasteiger partial charge in [-0.3, -0.25) is 14.4 Å². The van der Waals surface area contributed by atoms with Crippen molar-refractivity contribution >= 4 is 23.4 Å². The van der Waals surface area contributed by atoms with Gasteiger partial charge in [-0.25, -0.2) is 4.68 Å². The van der Waals surface area contributed by atoms with Crippen LogP contribution < -0.4 is 10.2 Å². The van der Waals surface area contributed by atoms with Gasteiger partial charge in [0.1, 0.15) is 5.69 Å². The standard InChI is InChI=1S/C32H35N9O5/c1-23-10-11-29(43)39(23)16-13-28(42)34-14-12-30(44)40-22-24-6-2-3-7-25(24)32-31(26-8-4-5-9-27(26)40)36-38-41(32)17-19-46-21-20-45-18-15-35-37-33/h2-11H,1,12-22H2,(H,34,42). The van der Waals surface area contributed by atoms with E-state index in [1.54, 1.807) is 11.0 Å². The zero-order valence-electron chi connectivity index (χ0n) is 25.4. The number of hydrogen-bond donors (Lipinski definition) is 1. The Bertz CT molecular complexity index is 1660. The normalized spacial score (nSPS) is 13.4. The van der Waals surface area contributed by atoms with Gasteiger partial charge in [-0.2, -0.15) is 0 Å². The highest BCUT2D eigenvalue weighted by atomic mass is 16.5. The van der Waals surface area contributed by atoms with Crippen molar-refractivity contribution in [3.8, 4) is 22.5 Å². The molecule has 3 aromatic rings. The molecule has 3 amide bonds. The van der Waals surface area contributed by atoms with E-state index in [0.29, 0.717) is 56.6 Å². The molecule has 0 atom stereocenters. The zero-order valence-corrected chi connectivity index (χ0v) is 25.4. The Balaban J connectivity index is 1.25. The van der Waals surface area contributed by atoms with Crippen molar-refractivity contribution in [3.63, 3.8) is 0 Å². The van der Waals surface area contributed by atoms with Gasteiger partial charge >= 0.3 is 0 Å². The van der Waals surface area contributed by atoms with Crippen LogP contribution in [0.2, 0.25) is 0 Å². The molecule has 238 valence electrons. The van der Waals surface area contributed by atoms with Crippen LogP contribution in [0.3, 0.4) is 0 Å². The van der Waals surface area contributed by atoms with Crippen LogP contribution in [0.1, 0.15) is 18.4 Å². The average Bonchev–Trinajstić information content (AvgIpc) is 3.62. The predicted molar refractivity (Wildman–Crippen MR) is 170 cm³/mol. The Morgan fingerprint density at radius 3 is 2.52 bits per heavy atom. The number of ether oxygens (including phenoxy) is 2. The van der Waals surface area contributed by atoms with Crippen LogP contribution in [0.15, 0.2) is 78.1 Å². The number of hydrogen-bond acceptors (Lipinski definition) is 8. The molecule has 0 spiro atoms. The molecule has 2 aliphatic rings. The summed E-state index contributed by atoms with van der Waals surface area (Å²) in [5.41, 5.74) is 13.7. The van der Waals surface area contributed by atoms with Crippen molar-refractivity contribution in [1.29, 1.82) is 0 Å². The molecule has 0 aliphatic carbocycles. The van der Waals surface area contributed by atoms with Gasteiger partial charge in [-0.1, -0.05) is 59.4 Å². The maximum atomic E-state index is 13.7. The van der Waals surface area contributed by atoms with E-state index in [0.717, 1.165) is 22.4 Å². The third-order valence-corrected chi connectivity index (χ3v) is 7.56. The van der Waals surface area contributed by atoms with Gasteiger partial charge in [0.25, 0.3) is 5.91 Å². The lowest BCUT2D eigenvalue weighted by Gasteiger charge is -2.28. The number of azide groups is 1. The first kappa shape index (κ1) is 32.1. The van der Waals surface area contributed by atoms with E-state index >= 15 is 0 Å². The molecular weight excluding hydrogens is 590 g/mol. The minimum absolute atomic E-state index is 0.0886. The first-order valence-corrected chi connectivity index (χ1v) is 15.0. The highest BCUT2D eigenvalue weighted by Gasteiger charge is 2.29. The molecule has 5 rings (SSSR count). The number of amides is 3. The minimum Gasteiger partial charge on any atom is -0.379 e. The zero-order chi connectivity index (χ0) is 32.3. The number of aromatic nitrogens is 3. The summed E-state index contributed by atoms with van der Waals surface area (Å²) < 4.78 is 13.0. The fraction of sp³-hybridized carbons (Fsp3) is 0.344. The summed E-state index contributed by atoms with van der Waals surface area (Å²) in [5.74, 6) is -0.593. The van der Waals surface area contributed by atoms with Crippen molar-refractivity contribution in [2.24, 2.45) is 5.11 Å². The van der Waals surface area contributed by atoms with Gasteiger partial charge in [0.2, 0.25) is 11.8 Å². The lowest BCUT2D eigenvalue weighted by molar-refractivity contribution is -0.124. The number of fused-ring (bicyclic) bond motifs is 5. The van der Waals surface area contributed by atoms with Crippen LogP contribution in [0, 0.1) is 0 Å². The quantitative estimate of drug-likeness (QED) is 0.116. The lowest BCUT2D eigenvalue weighted by atomic mass is 9.95. The van der Waals surface area contributed by atoms with Crippen molar-refractivity contribution in [2.45, 2.75) is 25.9 Å². The second-order valence-electron chi connectivity index (χ2n) is 10.5. The fourth-order valence-electron chi connectivity index (χ4n) is 5.31. The second-order valence-corrected chi connectivity index (χ2v) is 10.5. The van der Waals surface area contributed by atoms with Gasteiger partial charge in [0.15, 0.2) is 0 Å². The monoisotopic (exact) mass is 625 g/mol. The lowest BCUT2D eigenvalue weighted by Crippen LogP contribution is -2.36. The number of para-hydroxylation sites is 1. The van der Waals surface area contributed by atoms with E-state index in [9.17, 15) is 14.4 Å². The maximum absolute atomic E-state index is 13.7. The largest absolute Gasteiger partial charge is 0.379 e. The van der Waals surface area contributed by atoms with Gasteiger partial charge in [0, 0.05) is 60.3 Å². The highest BCUT2D eigenvalue weighted by molar-refractivity contribution is 6.00. The first-order chi connectivity index (χ1) is 22.5. The molecule has 0 radical (unpaired) electrons. The predicted octanol–water partition coefficient (Wildman–Crippen LogP) is 3.61. The molecule has 1 N–H and O–H groups in total. The number of allylic oxidation sites excluding steroid dienone is 1. The molecular formula is C32H35N9O5. The number of anilines is 1. The Morgan fingerprint density at radius 2 is 1.74 bits per heavy atom. The highest BCUT2D eigenvalue weighted by Crippen LogP contribution is 2.41. The molecule has 0 saturated carbocycles. The van der Waals surface area contributed by atoms with E-state index < -0.39 is 0 Å². The Labute approximate surface area is 265 Å². The summed E-state index contributed by atoms with van der Waals surface area (Å²) in [7, 11) is 0. The van der Waals surface area contributed by atoms with E-state index in [1.165, 1.54) is 11.0 Å². The van der Waals surface area contributed by atoms with E-state index in [4.69, 9.17) is 15.0 Å². The Kier molecular flexibility index (Phi) is 10.9. The van der Waals surface area contributed by atoms with E-state index in [1.807, 2.05) is 53.2 Å². The fourth-order valence-corrected chi connectivity index (χ4v) is 5.31. The number of carbonyl (C=O) groups is 3. The maximum Gasteiger partial charge on any atom is 0.251 e. The Morgan fingerprint density at radius 1 is 0.978 bits per heavy atom.